The maximum atomic E-state index is 11.4. The minimum absolute atomic E-state index is 0.0455. The Morgan fingerprint density at radius 1 is 1.17 bits per heavy atom. The van der Waals surface area contributed by atoms with Gasteiger partial charge < -0.3 is 10.1 Å². The number of alkyl carbamates (subject to hydrolysis) is 1. The van der Waals surface area contributed by atoms with Crippen LogP contribution >= 0.6 is 0 Å². The molecule has 0 saturated carbocycles. The molecule has 0 spiro atoms. The third kappa shape index (κ3) is 1.47. The lowest BCUT2D eigenvalue weighted by Gasteiger charge is -2.27. The lowest BCUT2D eigenvalue weighted by molar-refractivity contribution is 0.0546. The Balaban J connectivity index is 2.23. The van der Waals surface area contributed by atoms with E-state index in [2.05, 4.69) is 23.5 Å². The van der Waals surface area contributed by atoms with Gasteiger partial charge in [-0.25, -0.2) is 4.79 Å². The average Bonchev–Trinajstić information content (AvgIpc) is 2.63. The van der Waals surface area contributed by atoms with Crippen molar-refractivity contribution in [3.05, 3.63) is 48.0 Å². The second-order valence-electron chi connectivity index (χ2n) is 4.89. The minimum Gasteiger partial charge on any atom is -0.436 e. The minimum atomic E-state index is -0.613. The maximum Gasteiger partial charge on any atom is 0.408 e. The van der Waals surface area contributed by atoms with E-state index in [1.165, 1.54) is 0 Å². The molecule has 1 amide bonds. The molecule has 1 N–H and O–H groups in total. The first-order chi connectivity index (χ1) is 8.61. The van der Waals surface area contributed by atoms with Gasteiger partial charge in [0.15, 0.2) is 5.60 Å². The van der Waals surface area contributed by atoms with Crippen molar-refractivity contribution >= 4 is 16.9 Å². The summed E-state index contributed by atoms with van der Waals surface area (Å²) in [6.45, 7) is 3.92. The molecule has 1 heterocycles. The van der Waals surface area contributed by atoms with Crippen molar-refractivity contribution < 1.29 is 9.53 Å². The first-order valence-electron chi connectivity index (χ1n) is 6.09. The van der Waals surface area contributed by atoms with E-state index in [0.717, 1.165) is 16.3 Å². The van der Waals surface area contributed by atoms with Crippen molar-refractivity contribution in [2.75, 3.05) is 0 Å². The molecular weight excluding hydrogens is 226 g/mol. The summed E-state index contributed by atoms with van der Waals surface area (Å²) >= 11 is 0. The van der Waals surface area contributed by atoms with Crippen LogP contribution in [-0.2, 0) is 10.3 Å². The predicted molar refractivity (Wildman–Crippen MR) is 70.4 cm³/mol. The Bertz CT molecular complexity index is 617. The fourth-order valence-electron chi connectivity index (χ4n) is 2.57. The monoisotopic (exact) mass is 241 g/mol. The van der Waals surface area contributed by atoms with Crippen molar-refractivity contribution in [1.29, 1.82) is 0 Å². The Kier molecular flexibility index (Phi) is 2.30. The van der Waals surface area contributed by atoms with E-state index < -0.39 is 5.60 Å². The molecule has 3 nitrogen and oxygen atoms in total. The van der Waals surface area contributed by atoms with Crippen molar-refractivity contribution in [2.24, 2.45) is 0 Å². The number of fused-ring (bicyclic) bond motifs is 1. The third-order valence-corrected chi connectivity index (χ3v) is 3.79. The zero-order valence-corrected chi connectivity index (χ0v) is 10.4. The summed E-state index contributed by atoms with van der Waals surface area (Å²) in [5.74, 6) is 0. The van der Waals surface area contributed by atoms with Gasteiger partial charge in [-0.2, -0.15) is 0 Å². The predicted octanol–water partition coefficient (Wildman–Crippen LogP) is 3.18. The standard InChI is InChI=1S/C15H15NO2/c1-10-15(2,18-14(17)16-10)13-9-5-7-11-6-3-4-8-12(11)13/h3-10H,1-2H3,(H,16,17)/t10-,15+/m0/s1. The normalized spacial score (nSPS) is 27.0. The maximum absolute atomic E-state index is 11.4. The van der Waals surface area contributed by atoms with E-state index in [-0.39, 0.29) is 12.1 Å². The first kappa shape index (κ1) is 11.1. The van der Waals surface area contributed by atoms with Crippen LogP contribution in [0, 0.1) is 0 Å². The summed E-state index contributed by atoms with van der Waals surface area (Å²) in [7, 11) is 0. The molecule has 0 aliphatic carbocycles. The number of carbonyl (C=O) groups excluding carboxylic acids is 1. The van der Waals surface area contributed by atoms with Gasteiger partial charge in [-0.1, -0.05) is 42.5 Å². The molecule has 2 aromatic carbocycles. The van der Waals surface area contributed by atoms with Crippen LogP contribution in [0.2, 0.25) is 0 Å². The summed E-state index contributed by atoms with van der Waals surface area (Å²) in [6.07, 6.45) is -0.349. The van der Waals surface area contributed by atoms with E-state index in [1.807, 2.05) is 38.1 Å². The Hall–Kier alpha value is -2.03. The summed E-state index contributed by atoms with van der Waals surface area (Å²) in [6, 6.07) is 14.2. The molecule has 1 saturated heterocycles. The first-order valence-corrected chi connectivity index (χ1v) is 6.09. The topological polar surface area (TPSA) is 38.3 Å². The molecule has 92 valence electrons. The molecule has 3 heteroatoms. The number of carbonyl (C=O) groups is 1. The van der Waals surface area contributed by atoms with Crippen LogP contribution in [0.15, 0.2) is 42.5 Å². The SMILES string of the molecule is C[C@@H]1NC(=O)O[C@@]1(C)c1cccc2ccccc12. The molecule has 0 aromatic heterocycles. The molecule has 18 heavy (non-hydrogen) atoms. The van der Waals surface area contributed by atoms with Crippen molar-refractivity contribution in [3.63, 3.8) is 0 Å². The number of hydrogen-bond donors (Lipinski definition) is 1. The third-order valence-electron chi connectivity index (χ3n) is 3.79. The van der Waals surface area contributed by atoms with Gasteiger partial charge in [0.1, 0.15) is 0 Å². The number of ether oxygens (including phenoxy) is 1. The number of nitrogens with one attached hydrogen (secondary N) is 1. The largest absolute Gasteiger partial charge is 0.436 e. The highest BCUT2D eigenvalue weighted by Crippen LogP contribution is 2.37. The van der Waals surface area contributed by atoms with Crippen molar-refractivity contribution in [1.82, 2.24) is 5.32 Å². The smallest absolute Gasteiger partial charge is 0.408 e. The van der Waals surface area contributed by atoms with Gasteiger partial charge in [0.2, 0.25) is 0 Å². The molecule has 0 bridgehead atoms. The highest BCUT2D eigenvalue weighted by Gasteiger charge is 2.44. The summed E-state index contributed by atoms with van der Waals surface area (Å²) in [5.41, 5.74) is 0.434. The highest BCUT2D eigenvalue weighted by molar-refractivity contribution is 5.87. The van der Waals surface area contributed by atoms with Crippen LogP contribution in [0.1, 0.15) is 19.4 Å². The number of benzene rings is 2. The van der Waals surface area contributed by atoms with Crippen LogP contribution in [0.3, 0.4) is 0 Å². The van der Waals surface area contributed by atoms with Gasteiger partial charge in [-0.15, -0.1) is 0 Å². The van der Waals surface area contributed by atoms with Gasteiger partial charge in [0, 0.05) is 5.56 Å². The van der Waals surface area contributed by atoms with E-state index >= 15 is 0 Å². The molecule has 2 aromatic rings. The molecule has 1 aliphatic rings. The fourth-order valence-corrected chi connectivity index (χ4v) is 2.57. The second kappa shape index (κ2) is 3.73. The number of cyclic esters (lactones) is 1. The van der Waals surface area contributed by atoms with Gasteiger partial charge in [0.05, 0.1) is 6.04 Å². The quantitative estimate of drug-likeness (QED) is 0.832. The van der Waals surface area contributed by atoms with Crippen LogP contribution in [0.4, 0.5) is 4.79 Å². The molecule has 0 radical (unpaired) electrons. The summed E-state index contributed by atoms with van der Waals surface area (Å²) < 4.78 is 5.51. The van der Waals surface area contributed by atoms with Crippen LogP contribution < -0.4 is 5.32 Å². The van der Waals surface area contributed by atoms with Gasteiger partial charge in [-0.3, -0.25) is 0 Å². The number of rotatable bonds is 1. The number of hydrogen-bond acceptors (Lipinski definition) is 2. The van der Waals surface area contributed by atoms with Crippen molar-refractivity contribution in [2.45, 2.75) is 25.5 Å². The van der Waals surface area contributed by atoms with E-state index in [0.29, 0.717) is 0 Å². The van der Waals surface area contributed by atoms with Crippen LogP contribution in [-0.4, -0.2) is 12.1 Å². The second-order valence-corrected chi connectivity index (χ2v) is 4.89. The van der Waals surface area contributed by atoms with E-state index in [4.69, 9.17) is 4.74 Å². The summed E-state index contributed by atoms with van der Waals surface area (Å²) in [5, 5.41) is 5.10. The van der Waals surface area contributed by atoms with Gasteiger partial charge in [0.25, 0.3) is 0 Å². The van der Waals surface area contributed by atoms with Gasteiger partial charge in [-0.05, 0) is 24.6 Å². The van der Waals surface area contributed by atoms with E-state index in [1.54, 1.807) is 0 Å². The zero-order chi connectivity index (χ0) is 12.8. The summed E-state index contributed by atoms with van der Waals surface area (Å²) in [4.78, 5) is 11.4. The van der Waals surface area contributed by atoms with Crippen LogP contribution in [0.5, 0.6) is 0 Å². The Morgan fingerprint density at radius 2 is 1.89 bits per heavy atom. The lowest BCUT2D eigenvalue weighted by Crippen LogP contribution is -2.36. The Morgan fingerprint density at radius 3 is 2.61 bits per heavy atom. The highest BCUT2D eigenvalue weighted by atomic mass is 16.6. The van der Waals surface area contributed by atoms with Crippen molar-refractivity contribution in [3.8, 4) is 0 Å². The van der Waals surface area contributed by atoms with Crippen LogP contribution in [0.25, 0.3) is 10.8 Å². The zero-order valence-electron chi connectivity index (χ0n) is 10.4. The molecule has 1 aliphatic heterocycles. The lowest BCUT2D eigenvalue weighted by atomic mass is 9.86. The molecule has 1 fully saturated rings. The molecule has 0 unspecified atom stereocenters. The fraction of sp³-hybridized carbons (Fsp3) is 0.267. The molecule has 3 rings (SSSR count). The van der Waals surface area contributed by atoms with Gasteiger partial charge >= 0.3 is 6.09 Å². The number of amides is 1. The molecule has 2 atom stereocenters. The van der Waals surface area contributed by atoms with E-state index in [9.17, 15) is 4.79 Å². The molecular formula is C15H15NO2. The average molecular weight is 241 g/mol. The Labute approximate surface area is 106 Å².